The molecule has 114 valence electrons. The van der Waals surface area contributed by atoms with E-state index in [0.29, 0.717) is 5.96 Å². The second-order valence-corrected chi connectivity index (χ2v) is 7.16. The number of nitrogens with zero attached hydrogens (tertiary/aromatic N) is 2. The van der Waals surface area contributed by atoms with Crippen molar-refractivity contribution >= 4 is 11.6 Å². The van der Waals surface area contributed by atoms with Crippen molar-refractivity contribution in [3.8, 4) is 0 Å². The highest BCUT2D eigenvalue weighted by Crippen LogP contribution is 2.43. The van der Waals surface area contributed by atoms with Gasteiger partial charge in [0.05, 0.1) is 12.1 Å². The Hall–Kier alpha value is -1.51. The minimum Gasteiger partial charge on any atom is -0.369 e. The fraction of sp³-hybridized carbons (Fsp3) is 0.611. The van der Waals surface area contributed by atoms with Crippen LogP contribution in [0, 0.1) is 11.8 Å². The Labute approximate surface area is 128 Å². The molecule has 1 aliphatic carbocycles. The molecule has 1 spiro atoms. The van der Waals surface area contributed by atoms with Gasteiger partial charge in [-0.3, -0.25) is 4.99 Å². The average Bonchev–Trinajstić information content (AvgIpc) is 2.76. The largest absolute Gasteiger partial charge is 0.369 e. The Morgan fingerprint density at radius 1 is 1.33 bits per heavy atom. The predicted octanol–water partition coefficient (Wildman–Crippen LogP) is 3.80. The van der Waals surface area contributed by atoms with Crippen LogP contribution >= 0.6 is 0 Å². The van der Waals surface area contributed by atoms with Crippen molar-refractivity contribution in [3.63, 3.8) is 0 Å². The van der Waals surface area contributed by atoms with Gasteiger partial charge in [-0.25, -0.2) is 0 Å². The van der Waals surface area contributed by atoms with Gasteiger partial charge in [-0.2, -0.15) is 0 Å². The minimum absolute atomic E-state index is 0.128. The van der Waals surface area contributed by atoms with Crippen LogP contribution in [0.3, 0.4) is 0 Å². The number of nitrogens with two attached hydrogens (primary N) is 1. The standard InChI is InChI=1S/C18H27N3/c1-14(2)11-15-7-6-10-18(12-15)13-20-17(19)21(18)16-8-4-3-5-9-16/h3-5,8-9,14-15H,6-7,10-13H2,1-2H3,(H2,19,20). The van der Waals surface area contributed by atoms with Gasteiger partial charge in [0.15, 0.2) is 5.96 Å². The molecule has 0 saturated heterocycles. The summed E-state index contributed by atoms with van der Waals surface area (Å²) in [5, 5.41) is 0. The van der Waals surface area contributed by atoms with Crippen molar-refractivity contribution in [1.82, 2.24) is 0 Å². The fourth-order valence-corrected chi connectivity index (χ4v) is 4.27. The van der Waals surface area contributed by atoms with E-state index in [4.69, 9.17) is 5.73 Å². The van der Waals surface area contributed by atoms with E-state index in [2.05, 4.69) is 54.1 Å². The van der Waals surface area contributed by atoms with Crippen molar-refractivity contribution < 1.29 is 0 Å². The lowest BCUT2D eigenvalue weighted by Crippen LogP contribution is -2.54. The van der Waals surface area contributed by atoms with Gasteiger partial charge in [0.25, 0.3) is 0 Å². The van der Waals surface area contributed by atoms with Crippen molar-refractivity contribution in [3.05, 3.63) is 30.3 Å². The molecule has 3 heteroatoms. The first kappa shape index (κ1) is 14.4. The molecule has 3 nitrogen and oxygen atoms in total. The third kappa shape index (κ3) is 2.78. The van der Waals surface area contributed by atoms with Crippen LogP contribution in [-0.4, -0.2) is 18.0 Å². The summed E-state index contributed by atoms with van der Waals surface area (Å²) >= 11 is 0. The second kappa shape index (κ2) is 5.70. The van der Waals surface area contributed by atoms with Crippen molar-refractivity contribution in [1.29, 1.82) is 0 Å². The molecule has 21 heavy (non-hydrogen) atoms. The number of aliphatic imine (C=N–C) groups is 1. The van der Waals surface area contributed by atoms with Gasteiger partial charge in [0, 0.05) is 5.69 Å². The Morgan fingerprint density at radius 3 is 2.81 bits per heavy atom. The maximum Gasteiger partial charge on any atom is 0.196 e. The molecule has 1 aromatic carbocycles. The van der Waals surface area contributed by atoms with Gasteiger partial charge in [-0.1, -0.05) is 44.9 Å². The molecule has 2 N–H and O–H groups in total. The Bertz CT molecular complexity index is 508. The number of anilines is 1. The van der Waals surface area contributed by atoms with Crippen molar-refractivity contribution in [2.45, 2.75) is 51.5 Å². The summed E-state index contributed by atoms with van der Waals surface area (Å²) in [4.78, 5) is 6.92. The predicted molar refractivity (Wildman–Crippen MR) is 89.6 cm³/mol. The monoisotopic (exact) mass is 285 g/mol. The summed E-state index contributed by atoms with van der Waals surface area (Å²) in [6, 6.07) is 10.5. The summed E-state index contributed by atoms with van der Waals surface area (Å²) in [6.07, 6.45) is 6.42. The SMILES string of the molecule is CC(C)CC1CCCC2(CN=C(N)N2c2ccccc2)C1. The van der Waals surface area contributed by atoms with Crippen LogP contribution in [0.15, 0.2) is 35.3 Å². The van der Waals surface area contributed by atoms with Crippen LogP contribution in [0.1, 0.15) is 46.0 Å². The fourth-order valence-electron chi connectivity index (χ4n) is 4.27. The van der Waals surface area contributed by atoms with E-state index in [0.717, 1.165) is 18.4 Å². The number of rotatable bonds is 3. The Kier molecular flexibility index (Phi) is 3.92. The molecule has 2 unspecified atom stereocenters. The molecule has 3 rings (SSSR count). The smallest absolute Gasteiger partial charge is 0.196 e. The highest BCUT2D eigenvalue weighted by atomic mass is 15.4. The lowest BCUT2D eigenvalue weighted by Gasteiger charge is -2.45. The first-order chi connectivity index (χ1) is 10.1. The van der Waals surface area contributed by atoms with Gasteiger partial charge in [0.1, 0.15) is 0 Å². The zero-order chi connectivity index (χ0) is 14.9. The van der Waals surface area contributed by atoms with Crippen LogP contribution in [0.4, 0.5) is 5.69 Å². The molecule has 2 atom stereocenters. The number of hydrogen-bond acceptors (Lipinski definition) is 3. The van der Waals surface area contributed by atoms with E-state index in [9.17, 15) is 0 Å². The maximum absolute atomic E-state index is 6.24. The third-order valence-electron chi connectivity index (χ3n) is 4.98. The number of benzene rings is 1. The molecule has 0 aromatic heterocycles. The van der Waals surface area contributed by atoms with Gasteiger partial charge < -0.3 is 10.6 Å². The zero-order valence-corrected chi connectivity index (χ0v) is 13.3. The van der Waals surface area contributed by atoms with E-state index < -0.39 is 0 Å². The van der Waals surface area contributed by atoms with Crippen molar-refractivity contribution in [2.75, 3.05) is 11.4 Å². The molecule has 1 saturated carbocycles. The molecule has 0 bridgehead atoms. The maximum atomic E-state index is 6.24. The van der Waals surface area contributed by atoms with E-state index >= 15 is 0 Å². The molecule has 0 radical (unpaired) electrons. The van der Waals surface area contributed by atoms with E-state index in [1.165, 1.54) is 37.8 Å². The molecule has 0 amide bonds. The second-order valence-electron chi connectivity index (χ2n) is 7.16. The van der Waals surface area contributed by atoms with Crippen LogP contribution in [0.25, 0.3) is 0 Å². The highest BCUT2D eigenvalue weighted by Gasteiger charge is 2.46. The molecule has 2 aliphatic rings. The van der Waals surface area contributed by atoms with Crippen LogP contribution in [-0.2, 0) is 0 Å². The molecule has 1 heterocycles. The van der Waals surface area contributed by atoms with E-state index in [-0.39, 0.29) is 5.54 Å². The lowest BCUT2D eigenvalue weighted by molar-refractivity contribution is 0.214. The molecular weight excluding hydrogens is 258 g/mol. The van der Waals surface area contributed by atoms with Crippen molar-refractivity contribution in [2.24, 2.45) is 22.6 Å². The summed E-state index contributed by atoms with van der Waals surface area (Å²) in [5.74, 6) is 2.28. The number of para-hydroxylation sites is 1. The zero-order valence-electron chi connectivity index (χ0n) is 13.3. The quantitative estimate of drug-likeness (QED) is 0.918. The van der Waals surface area contributed by atoms with Gasteiger partial charge in [0.2, 0.25) is 0 Å². The molecule has 1 fully saturated rings. The summed E-state index contributed by atoms with van der Waals surface area (Å²) in [7, 11) is 0. The number of hydrogen-bond donors (Lipinski definition) is 1. The third-order valence-corrected chi connectivity index (χ3v) is 4.98. The summed E-state index contributed by atoms with van der Waals surface area (Å²) in [5.41, 5.74) is 7.56. The van der Waals surface area contributed by atoms with Gasteiger partial charge >= 0.3 is 0 Å². The first-order valence-electron chi connectivity index (χ1n) is 8.26. The summed E-state index contributed by atoms with van der Waals surface area (Å²) in [6.45, 7) is 5.52. The average molecular weight is 285 g/mol. The van der Waals surface area contributed by atoms with E-state index in [1.807, 2.05) is 0 Å². The Balaban J connectivity index is 1.86. The molecular formula is C18H27N3. The van der Waals surface area contributed by atoms with Crippen LogP contribution < -0.4 is 10.6 Å². The summed E-state index contributed by atoms with van der Waals surface area (Å²) < 4.78 is 0. The normalized spacial score (nSPS) is 29.2. The van der Waals surface area contributed by atoms with Crippen LogP contribution in [0.2, 0.25) is 0 Å². The van der Waals surface area contributed by atoms with Gasteiger partial charge in [-0.05, 0) is 43.2 Å². The number of guanidine groups is 1. The molecule has 1 aromatic rings. The Morgan fingerprint density at radius 2 is 2.10 bits per heavy atom. The molecule has 1 aliphatic heterocycles. The lowest BCUT2D eigenvalue weighted by atomic mass is 9.72. The van der Waals surface area contributed by atoms with E-state index in [1.54, 1.807) is 0 Å². The topological polar surface area (TPSA) is 41.6 Å². The van der Waals surface area contributed by atoms with Crippen LogP contribution in [0.5, 0.6) is 0 Å². The first-order valence-corrected chi connectivity index (χ1v) is 8.26. The minimum atomic E-state index is 0.128. The highest BCUT2D eigenvalue weighted by molar-refractivity contribution is 5.98. The van der Waals surface area contributed by atoms with Gasteiger partial charge in [-0.15, -0.1) is 0 Å².